The standard InChI is InChI=1S/C21H15ClN2O3S2/c22-17-14-8-4-5-9-15(14)28-18(17)19(25)23-10-11-24-20(26)16(29-21(24)27)12-13-6-2-1-3-7-13/h1-9,12H,10-11H2,(H,23,25)/b16-12+. The highest BCUT2D eigenvalue weighted by Crippen LogP contribution is 2.35. The first-order chi connectivity index (χ1) is 14.0. The Morgan fingerprint density at radius 3 is 2.55 bits per heavy atom. The van der Waals surface area contributed by atoms with Crippen LogP contribution < -0.4 is 5.32 Å². The predicted octanol–water partition coefficient (Wildman–Crippen LogP) is 5.02. The summed E-state index contributed by atoms with van der Waals surface area (Å²) < 4.78 is 0.930. The molecule has 1 aliphatic rings. The number of fused-ring (bicyclic) bond motifs is 1. The number of halogens is 1. The molecule has 0 radical (unpaired) electrons. The van der Waals surface area contributed by atoms with Crippen molar-refractivity contribution in [2.45, 2.75) is 0 Å². The van der Waals surface area contributed by atoms with Crippen LogP contribution in [0.25, 0.3) is 16.2 Å². The Hall–Kier alpha value is -2.61. The van der Waals surface area contributed by atoms with E-state index in [4.69, 9.17) is 11.6 Å². The third kappa shape index (κ3) is 4.07. The lowest BCUT2D eigenvalue weighted by Crippen LogP contribution is -2.37. The number of carbonyl (C=O) groups is 3. The molecule has 29 heavy (non-hydrogen) atoms. The SMILES string of the molecule is O=C(NCCN1C(=O)S/C(=C/c2ccccc2)C1=O)c1sc2ccccc2c1Cl. The van der Waals surface area contributed by atoms with Crippen LogP contribution in [0.1, 0.15) is 15.2 Å². The lowest BCUT2D eigenvalue weighted by molar-refractivity contribution is -0.122. The smallest absolute Gasteiger partial charge is 0.293 e. The minimum absolute atomic E-state index is 0.102. The van der Waals surface area contributed by atoms with Gasteiger partial charge in [0.25, 0.3) is 17.1 Å². The van der Waals surface area contributed by atoms with Crippen LogP contribution in [0.5, 0.6) is 0 Å². The van der Waals surface area contributed by atoms with Crippen LogP contribution in [-0.2, 0) is 4.79 Å². The van der Waals surface area contributed by atoms with E-state index in [0.29, 0.717) is 14.8 Å². The van der Waals surface area contributed by atoms with Gasteiger partial charge in [0.05, 0.1) is 9.93 Å². The number of thioether (sulfide) groups is 1. The molecule has 3 aromatic rings. The van der Waals surface area contributed by atoms with Crippen molar-refractivity contribution in [3.63, 3.8) is 0 Å². The van der Waals surface area contributed by atoms with Crippen LogP contribution in [0.3, 0.4) is 0 Å². The molecule has 4 rings (SSSR count). The van der Waals surface area contributed by atoms with Crippen molar-refractivity contribution >= 4 is 67.9 Å². The van der Waals surface area contributed by atoms with E-state index in [-0.39, 0.29) is 30.1 Å². The van der Waals surface area contributed by atoms with Gasteiger partial charge in [-0.05, 0) is 29.5 Å². The number of nitrogens with one attached hydrogen (secondary N) is 1. The fourth-order valence-electron chi connectivity index (χ4n) is 2.91. The number of rotatable bonds is 5. The average Bonchev–Trinajstić information content (AvgIpc) is 3.20. The Labute approximate surface area is 180 Å². The fraction of sp³-hybridized carbons (Fsp3) is 0.0952. The maximum absolute atomic E-state index is 12.5. The number of imide groups is 1. The molecule has 0 saturated carbocycles. The zero-order valence-corrected chi connectivity index (χ0v) is 17.4. The molecule has 146 valence electrons. The van der Waals surface area contributed by atoms with Gasteiger partial charge in [0.1, 0.15) is 4.88 Å². The molecule has 2 heterocycles. The molecule has 1 aliphatic heterocycles. The lowest BCUT2D eigenvalue weighted by Gasteiger charge is -2.12. The van der Waals surface area contributed by atoms with Gasteiger partial charge in [-0.1, -0.05) is 60.1 Å². The molecule has 1 saturated heterocycles. The average molecular weight is 443 g/mol. The summed E-state index contributed by atoms with van der Waals surface area (Å²) in [4.78, 5) is 39.1. The van der Waals surface area contributed by atoms with Gasteiger partial charge in [-0.15, -0.1) is 11.3 Å². The largest absolute Gasteiger partial charge is 0.349 e. The monoisotopic (exact) mass is 442 g/mol. The van der Waals surface area contributed by atoms with E-state index in [9.17, 15) is 14.4 Å². The van der Waals surface area contributed by atoms with Crippen LogP contribution in [0.15, 0.2) is 59.5 Å². The number of hydrogen-bond acceptors (Lipinski definition) is 5. The summed E-state index contributed by atoms with van der Waals surface area (Å²) in [7, 11) is 0. The molecule has 8 heteroatoms. The Balaban J connectivity index is 1.39. The highest BCUT2D eigenvalue weighted by Gasteiger charge is 2.34. The Morgan fingerprint density at radius 2 is 1.79 bits per heavy atom. The molecule has 0 atom stereocenters. The minimum Gasteiger partial charge on any atom is -0.349 e. The lowest BCUT2D eigenvalue weighted by atomic mass is 10.2. The molecular weight excluding hydrogens is 428 g/mol. The quantitative estimate of drug-likeness (QED) is 0.563. The van der Waals surface area contributed by atoms with Crippen LogP contribution in [0.4, 0.5) is 4.79 Å². The number of benzene rings is 2. The molecule has 0 unspecified atom stereocenters. The molecular formula is C21H15ClN2O3S2. The third-order valence-electron chi connectivity index (χ3n) is 4.33. The molecule has 3 amide bonds. The molecule has 0 spiro atoms. The van der Waals surface area contributed by atoms with E-state index in [2.05, 4.69) is 5.32 Å². The van der Waals surface area contributed by atoms with E-state index >= 15 is 0 Å². The van der Waals surface area contributed by atoms with Gasteiger partial charge in [0.2, 0.25) is 0 Å². The molecule has 2 aromatic carbocycles. The summed E-state index contributed by atoms with van der Waals surface area (Å²) in [5.41, 5.74) is 0.853. The van der Waals surface area contributed by atoms with Crippen molar-refractivity contribution in [3.8, 4) is 0 Å². The molecule has 1 N–H and O–H groups in total. The molecule has 1 aromatic heterocycles. The van der Waals surface area contributed by atoms with Gasteiger partial charge >= 0.3 is 0 Å². The highest BCUT2D eigenvalue weighted by atomic mass is 35.5. The van der Waals surface area contributed by atoms with Gasteiger partial charge in [-0.25, -0.2) is 0 Å². The normalized spacial score (nSPS) is 15.5. The maximum Gasteiger partial charge on any atom is 0.293 e. The second kappa shape index (κ2) is 8.41. The summed E-state index contributed by atoms with van der Waals surface area (Å²) in [5.74, 6) is -0.666. The van der Waals surface area contributed by atoms with Gasteiger partial charge in [0.15, 0.2) is 0 Å². The second-order valence-corrected chi connectivity index (χ2v) is 8.66. The van der Waals surface area contributed by atoms with Crippen LogP contribution in [0, 0.1) is 0 Å². The summed E-state index contributed by atoms with van der Waals surface area (Å²) in [6.07, 6.45) is 1.69. The first-order valence-corrected chi connectivity index (χ1v) is 10.8. The molecule has 1 fully saturated rings. The van der Waals surface area contributed by atoms with Crippen molar-refractivity contribution in [1.82, 2.24) is 10.2 Å². The van der Waals surface area contributed by atoms with Crippen LogP contribution in [0.2, 0.25) is 5.02 Å². The minimum atomic E-state index is -0.349. The topological polar surface area (TPSA) is 66.5 Å². The zero-order valence-electron chi connectivity index (χ0n) is 15.1. The van der Waals surface area contributed by atoms with Crippen molar-refractivity contribution in [3.05, 3.63) is 75.0 Å². The van der Waals surface area contributed by atoms with Crippen molar-refractivity contribution in [2.75, 3.05) is 13.1 Å². The van der Waals surface area contributed by atoms with Gasteiger partial charge in [-0.3, -0.25) is 19.3 Å². The highest BCUT2D eigenvalue weighted by molar-refractivity contribution is 8.18. The second-order valence-electron chi connectivity index (χ2n) is 6.24. The van der Waals surface area contributed by atoms with E-state index < -0.39 is 0 Å². The van der Waals surface area contributed by atoms with E-state index in [1.54, 1.807) is 6.08 Å². The maximum atomic E-state index is 12.5. The summed E-state index contributed by atoms with van der Waals surface area (Å²) in [6, 6.07) is 16.9. The molecule has 0 aliphatic carbocycles. The third-order valence-corrected chi connectivity index (χ3v) is 6.91. The van der Waals surface area contributed by atoms with Gasteiger partial charge < -0.3 is 5.32 Å². The first kappa shape index (κ1) is 19.7. The van der Waals surface area contributed by atoms with Crippen LogP contribution in [-0.4, -0.2) is 35.0 Å². The summed E-state index contributed by atoms with van der Waals surface area (Å²) >= 11 is 8.54. The fourth-order valence-corrected chi connectivity index (χ4v) is 5.21. The van der Waals surface area contributed by atoms with E-state index in [1.807, 2.05) is 54.6 Å². The number of thiophene rings is 1. The Kier molecular flexibility index (Phi) is 5.71. The van der Waals surface area contributed by atoms with Crippen molar-refractivity contribution in [2.24, 2.45) is 0 Å². The zero-order chi connectivity index (χ0) is 20.4. The molecule has 0 bridgehead atoms. The summed E-state index contributed by atoms with van der Waals surface area (Å²) in [5, 5.41) is 3.66. The van der Waals surface area contributed by atoms with E-state index in [0.717, 1.165) is 32.3 Å². The van der Waals surface area contributed by atoms with Gasteiger partial charge in [0, 0.05) is 23.2 Å². The number of nitrogens with zero attached hydrogens (tertiary/aromatic N) is 1. The number of carbonyl (C=O) groups excluding carboxylic acids is 3. The first-order valence-electron chi connectivity index (χ1n) is 8.80. The van der Waals surface area contributed by atoms with Crippen molar-refractivity contribution in [1.29, 1.82) is 0 Å². The summed E-state index contributed by atoms with van der Waals surface area (Å²) in [6.45, 7) is 0.255. The number of hydrogen-bond donors (Lipinski definition) is 1. The van der Waals surface area contributed by atoms with Crippen LogP contribution >= 0.6 is 34.7 Å². The van der Waals surface area contributed by atoms with Gasteiger partial charge in [-0.2, -0.15) is 0 Å². The number of amides is 3. The van der Waals surface area contributed by atoms with Crippen molar-refractivity contribution < 1.29 is 14.4 Å². The van der Waals surface area contributed by atoms with E-state index in [1.165, 1.54) is 11.3 Å². The Morgan fingerprint density at radius 1 is 1.07 bits per heavy atom. The Bertz CT molecular complexity index is 1140. The molecule has 5 nitrogen and oxygen atoms in total. The predicted molar refractivity (Wildman–Crippen MR) is 118 cm³/mol.